The van der Waals surface area contributed by atoms with Crippen LogP contribution in [0.5, 0.6) is 0 Å². The van der Waals surface area contributed by atoms with Gasteiger partial charge in [-0.15, -0.1) is 0 Å². The minimum atomic E-state index is -0.950. The van der Waals surface area contributed by atoms with E-state index in [4.69, 9.17) is 24.7 Å². The number of carbonyl (C=O) groups excluding carboxylic acids is 1. The van der Waals surface area contributed by atoms with Gasteiger partial charge < -0.3 is 19.7 Å². The zero-order valence-corrected chi connectivity index (χ0v) is 37.1. The lowest BCUT2D eigenvalue weighted by Gasteiger charge is -2.29. The molecular weight excluding hydrogens is 757 g/mol. The topological polar surface area (TPSA) is 154 Å². The fourth-order valence-corrected chi connectivity index (χ4v) is 10.8. The second-order valence-corrected chi connectivity index (χ2v) is 19.0. The quantitative estimate of drug-likeness (QED) is 0.140. The standard InChI is InChI=1S/2C24H35N3O3/c1-15(2)22-21-19(17-11-9-16(10-12-17)14-30-3)13-20(24(28)29)25-23(21)27(26-22)18-7-5-4-6-8-18;1-15(2)22-21-19(17-11-9-16(14-28)10-12-17)13-20(24(29)30-3)25-23(21)27(26-22)18-7-5-4-6-8-18/h13,15-18H,4-12,14H2,1-3H3,(H,28,29);13,15-18,28H,4-12,14H2,1-3H3. The fraction of sp³-hybridized carbons (Fsp3) is 0.708. The van der Waals surface area contributed by atoms with E-state index in [1.165, 1.54) is 51.2 Å². The summed E-state index contributed by atoms with van der Waals surface area (Å²) in [5.41, 5.74) is 6.71. The van der Waals surface area contributed by atoms with Gasteiger partial charge in [0.25, 0.3) is 0 Å². The molecule has 4 heterocycles. The van der Waals surface area contributed by atoms with Crippen molar-refractivity contribution in [2.45, 2.75) is 179 Å². The predicted octanol–water partition coefficient (Wildman–Crippen LogP) is 10.8. The molecule has 0 spiro atoms. The van der Waals surface area contributed by atoms with Crippen LogP contribution in [0.4, 0.5) is 0 Å². The molecule has 0 aromatic carbocycles. The predicted molar refractivity (Wildman–Crippen MR) is 234 cm³/mol. The van der Waals surface area contributed by atoms with Crippen LogP contribution >= 0.6 is 0 Å². The maximum Gasteiger partial charge on any atom is 0.356 e. The second kappa shape index (κ2) is 19.9. The number of aliphatic hydroxyl groups excluding tert-OH is 1. The van der Waals surface area contributed by atoms with E-state index in [0.29, 0.717) is 41.4 Å². The molecule has 4 aliphatic carbocycles. The molecule has 12 nitrogen and oxygen atoms in total. The number of aliphatic hydroxyl groups is 1. The highest BCUT2D eigenvalue weighted by atomic mass is 16.5. The van der Waals surface area contributed by atoms with Gasteiger partial charge in [0.1, 0.15) is 0 Å². The molecule has 4 aliphatic rings. The molecule has 0 aliphatic heterocycles. The van der Waals surface area contributed by atoms with Gasteiger partial charge in [0, 0.05) is 31.1 Å². The number of hydrogen-bond acceptors (Lipinski definition) is 9. The highest BCUT2D eigenvalue weighted by Crippen LogP contribution is 2.44. The van der Waals surface area contributed by atoms with E-state index in [-0.39, 0.29) is 30.1 Å². The minimum Gasteiger partial charge on any atom is -0.477 e. The zero-order valence-electron chi connectivity index (χ0n) is 37.1. The third-order valence-corrected chi connectivity index (χ3v) is 14.2. The third kappa shape index (κ3) is 9.44. The van der Waals surface area contributed by atoms with Crippen molar-refractivity contribution in [3.63, 3.8) is 0 Å². The first-order valence-electron chi connectivity index (χ1n) is 23.3. The first-order chi connectivity index (χ1) is 29.0. The Hall–Kier alpha value is -3.90. The first-order valence-corrected chi connectivity index (χ1v) is 23.3. The Morgan fingerprint density at radius 3 is 1.48 bits per heavy atom. The number of nitrogens with zero attached hydrogens (tertiary/aromatic N) is 6. The van der Waals surface area contributed by atoms with Gasteiger partial charge in [0.05, 0.1) is 30.6 Å². The molecule has 0 atom stereocenters. The van der Waals surface area contributed by atoms with E-state index < -0.39 is 5.97 Å². The summed E-state index contributed by atoms with van der Waals surface area (Å²) in [5, 5.41) is 31.7. The van der Waals surface area contributed by atoms with Crippen LogP contribution in [-0.2, 0) is 9.47 Å². The number of aromatic carboxylic acids is 1. The van der Waals surface area contributed by atoms with Gasteiger partial charge in [0.15, 0.2) is 22.7 Å². The van der Waals surface area contributed by atoms with Crippen LogP contribution in [0.25, 0.3) is 22.1 Å². The van der Waals surface area contributed by atoms with Gasteiger partial charge in [-0.05, 0) is 136 Å². The average molecular weight is 827 g/mol. The van der Waals surface area contributed by atoms with Gasteiger partial charge in [-0.1, -0.05) is 66.2 Å². The number of methoxy groups -OCH3 is 2. The van der Waals surface area contributed by atoms with E-state index in [9.17, 15) is 19.8 Å². The van der Waals surface area contributed by atoms with E-state index in [2.05, 4.69) is 42.0 Å². The Kier molecular flexibility index (Phi) is 14.6. The molecule has 0 saturated heterocycles. The molecule has 8 rings (SSSR count). The molecule has 0 radical (unpaired) electrons. The van der Waals surface area contributed by atoms with Crippen LogP contribution in [0.1, 0.15) is 223 Å². The second-order valence-electron chi connectivity index (χ2n) is 19.0. The first kappa shape index (κ1) is 44.2. The Balaban J connectivity index is 0.000000181. The number of aromatic nitrogens is 6. The molecule has 328 valence electrons. The number of rotatable bonds is 11. The summed E-state index contributed by atoms with van der Waals surface area (Å²) in [6.07, 6.45) is 20.3. The normalized spacial score (nSPS) is 23.3. The number of carbonyl (C=O) groups is 2. The molecule has 60 heavy (non-hydrogen) atoms. The number of esters is 1. The summed E-state index contributed by atoms with van der Waals surface area (Å²) in [4.78, 5) is 33.8. The third-order valence-electron chi connectivity index (χ3n) is 14.2. The van der Waals surface area contributed by atoms with Crippen molar-refractivity contribution < 1.29 is 29.3 Å². The van der Waals surface area contributed by atoms with Crippen molar-refractivity contribution >= 4 is 34.0 Å². The number of ether oxygens (including phenoxy) is 2. The number of hydrogen-bond donors (Lipinski definition) is 2. The number of carboxylic acids is 1. The number of carboxylic acid groups (broad SMARTS) is 1. The Morgan fingerprint density at radius 1 is 0.650 bits per heavy atom. The highest BCUT2D eigenvalue weighted by molar-refractivity contribution is 5.93. The Bertz CT molecular complexity index is 2080. The SMILES string of the molecule is COC(=O)c1cc(C2CCC(CO)CC2)c2c(C(C)C)nn(C3CCCCC3)c2n1.COCC1CCC(c2cc(C(=O)O)nc3c2c(C(C)C)nn3C2CCCCC2)CC1. The molecule has 0 amide bonds. The molecule has 2 N–H and O–H groups in total. The van der Waals surface area contributed by atoms with Gasteiger partial charge in [0.2, 0.25) is 0 Å². The summed E-state index contributed by atoms with van der Waals surface area (Å²) >= 11 is 0. The van der Waals surface area contributed by atoms with Crippen LogP contribution in [-0.4, -0.2) is 79.1 Å². The summed E-state index contributed by atoms with van der Waals surface area (Å²) in [6, 6.07) is 4.48. The number of fused-ring (bicyclic) bond motifs is 2. The van der Waals surface area contributed by atoms with E-state index in [0.717, 1.165) is 123 Å². The van der Waals surface area contributed by atoms with Crippen LogP contribution in [0.2, 0.25) is 0 Å². The average Bonchev–Trinajstić information content (AvgIpc) is 3.87. The fourth-order valence-electron chi connectivity index (χ4n) is 10.8. The van der Waals surface area contributed by atoms with Crippen molar-refractivity contribution in [2.24, 2.45) is 11.8 Å². The lowest BCUT2D eigenvalue weighted by atomic mass is 9.77. The van der Waals surface area contributed by atoms with Crippen LogP contribution in [0.15, 0.2) is 12.1 Å². The van der Waals surface area contributed by atoms with Crippen LogP contribution in [0, 0.1) is 11.8 Å². The Morgan fingerprint density at radius 2 is 1.08 bits per heavy atom. The molecule has 12 heteroatoms. The number of pyridine rings is 2. The Labute approximate surface area is 356 Å². The van der Waals surface area contributed by atoms with Crippen molar-refractivity contribution in [3.05, 3.63) is 46.0 Å². The zero-order chi connectivity index (χ0) is 42.5. The van der Waals surface area contributed by atoms with E-state index >= 15 is 0 Å². The smallest absolute Gasteiger partial charge is 0.356 e. The maximum absolute atomic E-state index is 12.5. The van der Waals surface area contributed by atoms with Crippen molar-refractivity contribution in [2.75, 3.05) is 27.4 Å². The maximum atomic E-state index is 12.5. The summed E-state index contributed by atoms with van der Waals surface area (Å²) in [5.74, 6) is 0.962. The lowest BCUT2D eigenvalue weighted by Crippen LogP contribution is -2.18. The van der Waals surface area contributed by atoms with Gasteiger partial charge >= 0.3 is 11.9 Å². The van der Waals surface area contributed by atoms with Gasteiger partial charge in [-0.25, -0.2) is 28.9 Å². The summed E-state index contributed by atoms with van der Waals surface area (Å²) in [6.45, 7) is 9.81. The molecule has 4 aromatic heterocycles. The van der Waals surface area contributed by atoms with Crippen molar-refractivity contribution in [1.29, 1.82) is 0 Å². The minimum absolute atomic E-state index is 0.156. The van der Waals surface area contributed by atoms with Gasteiger partial charge in [-0.2, -0.15) is 10.2 Å². The summed E-state index contributed by atoms with van der Waals surface area (Å²) < 4.78 is 14.6. The summed E-state index contributed by atoms with van der Waals surface area (Å²) in [7, 11) is 3.19. The molecular formula is C48H70N6O6. The van der Waals surface area contributed by atoms with E-state index in [1.54, 1.807) is 7.11 Å². The van der Waals surface area contributed by atoms with Gasteiger partial charge in [-0.3, -0.25) is 0 Å². The molecule has 4 saturated carbocycles. The van der Waals surface area contributed by atoms with Crippen molar-refractivity contribution in [1.82, 2.24) is 29.5 Å². The van der Waals surface area contributed by atoms with Crippen LogP contribution in [0.3, 0.4) is 0 Å². The molecule has 4 fully saturated rings. The molecule has 0 bridgehead atoms. The van der Waals surface area contributed by atoms with Crippen LogP contribution < -0.4 is 0 Å². The monoisotopic (exact) mass is 827 g/mol. The highest BCUT2D eigenvalue weighted by Gasteiger charge is 2.32. The largest absolute Gasteiger partial charge is 0.477 e. The van der Waals surface area contributed by atoms with Crippen molar-refractivity contribution in [3.8, 4) is 0 Å². The van der Waals surface area contributed by atoms with E-state index in [1.807, 2.05) is 12.1 Å². The molecule has 0 unspecified atom stereocenters. The lowest BCUT2D eigenvalue weighted by molar-refractivity contribution is 0.0593. The molecule has 4 aromatic rings.